The lowest BCUT2D eigenvalue weighted by Gasteiger charge is -2.37. The van der Waals surface area contributed by atoms with Crippen LogP contribution in [0.2, 0.25) is 0 Å². The maximum Gasteiger partial charge on any atom is 0.407 e. The molecular weight excluding hydrogens is 420 g/mol. The van der Waals surface area contributed by atoms with Gasteiger partial charge in [-0.25, -0.2) is 9.59 Å². The molecule has 0 saturated carbocycles. The van der Waals surface area contributed by atoms with E-state index >= 15 is 0 Å². The quantitative estimate of drug-likeness (QED) is 0.624. The van der Waals surface area contributed by atoms with Crippen LogP contribution in [0, 0.1) is 5.92 Å². The number of carboxylic acids is 1. The van der Waals surface area contributed by atoms with Gasteiger partial charge >= 0.3 is 12.1 Å². The molecule has 33 heavy (non-hydrogen) atoms. The van der Waals surface area contributed by atoms with Crippen molar-refractivity contribution < 1.29 is 24.2 Å². The van der Waals surface area contributed by atoms with Crippen LogP contribution in [0.15, 0.2) is 48.5 Å². The van der Waals surface area contributed by atoms with Gasteiger partial charge in [0.1, 0.15) is 18.2 Å². The lowest BCUT2D eigenvalue weighted by molar-refractivity contribution is -0.158. The van der Waals surface area contributed by atoms with Gasteiger partial charge in [-0.3, -0.25) is 4.79 Å². The largest absolute Gasteiger partial charge is 0.480 e. The Labute approximate surface area is 194 Å². The number of hydrogen-bond donors (Lipinski definition) is 2. The Hall–Kier alpha value is -3.35. The van der Waals surface area contributed by atoms with Crippen molar-refractivity contribution in [3.8, 4) is 11.1 Å². The molecule has 0 spiro atoms. The van der Waals surface area contributed by atoms with Crippen LogP contribution >= 0.6 is 0 Å². The van der Waals surface area contributed by atoms with Crippen LogP contribution in [0.3, 0.4) is 0 Å². The molecule has 0 saturated heterocycles. The Bertz CT molecular complexity index is 1000. The Morgan fingerprint density at radius 2 is 1.55 bits per heavy atom. The van der Waals surface area contributed by atoms with E-state index < -0.39 is 29.6 Å². The fraction of sp³-hybridized carbons (Fsp3) is 0.423. The van der Waals surface area contributed by atoms with Gasteiger partial charge in [0.2, 0.25) is 5.91 Å². The van der Waals surface area contributed by atoms with Crippen molar-refractivity contribution in [2.75, 3.05) is 13.2 Å². The van der Waals surface area contributed by atoms with Gasteiger partial charge in [0, 0.05) is 12.5 Å². The molecule has 2 amide bonds. The van der Waals surface area contributed by atoms with Gasteiger partial charge in [0.15, 0.2) is 0 Å². The standard InChI is InChI=1S/C26H32N2O5/c1-6-28(26(4,5)24(30)31)23(29)22(16(2)3)27-25(32)33-15-21-19-13-9-7-11-17(19)18-12-8-10-14-20(18)21/h7-14,16,21-22H,6,15H2,1-5H3,(H,27,32)(H,30,31). The zero-order chi connectivity index (χ0) is 24.3. The van der Waals surface area contributed by atoms with E-state index in [1.165, 1.54) is 18.7 Å². The van der Waals surface area contributed by atoms with Crippen LogP contribution in [-0.4, -0.2) is 52.7 Å². The molecule has 2 aromatic carbocycles. The number of hydrogen-bond acceptors (Lipinski definition) is 4. The minimum atomic E-state index is -1.40. The van der Waals surface area contributed by atoms with Crippen molar-refractivity contribution in [2.24, 2.45) is 5.92 Å². The molecule has 3 rings (SSSR count). The highest BCUT2D eigenvalue weighted by molar-refractivity contribution is 5.91. The number of nitrogens with one attached hydrogen (secondary N) is 1. The highest BCUT2D eigenvalue weighted by Crippen LogP contribution is 2.44. The molecule has 2 aromatic rings. The van der Waals surface area contributed by atoms with E-state index in [0.29, 0.717) is 0 Å². The minimum absolute atomic E-state index is 0.0885. The Kier molecular flexibility index (Phi) is 7.10. The van der Waals surface area contributed by atoms with Crippen LogP contribution in [0.1, 0.15) is 51.7 Å². The van der Waals surface area contributed by atoms with E-state index in [4.69, 9.17) is 4.74 Å². The summed E-state index contributed by atoms with van der Waals surface area (Å²) in [5, 5.41) is 12.2. The Morgan fingerprint density at radius 3 is 2.00 bits per heavy atom. The second kappa shape index (κ2) is 9.65. The third-order valence-corrected chi connectivity index (χ3v) is 6.33. The van der Waals surface area contributed by atoms with Crippen LogP contribution in [0.5, 0.6) is 0 Å². The molecule has 2 N–H and O–H groups in total. The van der Waals surface area contributed by atoms with Crippen LogP contribution in [-0.2, 0) is 14.3 Å². The molecule has 1 unspecified atom stereocenters. The Balaban J connectivity index is 1.73. The lowest BCUT2D eigenvalue weighted by atomic mass is 9.97. The fourth-order valence-corrected chi connectivity index (χ4v) is 4.39. The van der Waals surface area contributed by atoms with Crippen LogP contribution in [0.25, 0.3) is 11.1 Å². The predicted octanol–water partition coefficient (Wildman–Crippen LogP) is 4.26. The number of carbonyl (C=O) groups excluding carboxylic acids is 2. The van der Waals surface area contributed by atoms with Crippen molar-refractivity contribution in [3.05, 3.63) is 59.7 Å². The number of carboxylic acid groups (broad SMARTS) is 1. The highest BCUT2D eigenvalue weighted by atomic mass is 16.5. The molecule has 0 aromatic heterocycles. The summed E-state index contributed by atoms with van der Waals surface area (Å²) in [7, 11) is 0. The van der Waals surface area contributed by atoms with Crippen LogP contribution < -0.4 is 5.32 Å². The van der Waals surface area contributed by atoms with Gasteiger partial charge in [0.25, 0.3) is 0 Å². The molecular formula is C26H32N2O5. The normalized spacial score (nSPS) is 13.8. The third kappa shape index (κ3) is 4.72. The van der Waals surface area contributed by atoms with Gasteiger partial charge in [-0.15, -0.1) is 0 Å². The van der Waals surface area contributed by atoms with Crippen molar-refractivity contribution >= 4 is 18.0 Å². The lowest BCUT2D eigenvalue weighted by Crippen LogP contribution is -2.59. The Morgan fingerprint density at radius 1 is 1.03 bits per heavy atom. The summed E-state index contributed by atoms with van der Waals surface area (Å²) in [4.78, 5) is 38.9. The number of alkyl carbamates (subject to hydrolysis) is 1. The topological polar surface area (TPSA) is 95.9 Å². The second-order valence-corrected chi connectivity index (χ2v) is 9.14. The van der Waals surface area contributed by atoms with Gasteiger partial charge < -0.3 is 20.1 Å². The minimum Gasteiger partial charge on any atom is -0.480 e. The molecule has 1 aliphatic carbocycles. The van der Waals surface area contributed by atoms with Crippen LogP contribution in [0.4, 0.5) is 4.79 Å². The summed E-state index contributed by atoms with van der Waals surface area (Å²) in [5.74, 6) is -1.90. The van der Waals surface area contributed by atoms with E-state index in [-0.39, 0.29) is 25.0 Å². The monoisotopic (exact) mass is 452 g/mol. The summed E-state index contributed by atoms with van der Waals surface area (Å²) in [6.07, 6.45) is -0.701. The molecule has 0 fully saturated rings. The zero-order valence-electron chi connectivity index (χ0n) is 19.8. The molecule has 0 heterocycles. The number of aliphatic carboxylic acids is 1. The van der Waals surface area contributed by atoms with E-state index in [9.17, 15) is 19.5 Å². The average molecular weight is 453 g/mol. The van der Waals surface area contributed by atoms with Crippen molar-refractivity contribution in [2.45, 2.75) is 52.1 Å². The number of ether oxygens (including phenoxy) is 1. The zero-order valence-corrected chi connectivity index (χ0v) is 19.8. The first kappa shape index (κ1) is 24.3. The number of nitrogens with zero attached hydrogens (tertiary/aromatic N) is 1. The van der Waals surface area contributed by atoms with Gasteiger partial charge in [-0.05, 0) is 48.9 Å². The number of benzene rings is 2. The average Bonchev–Trinajstić information content (AvgIpc) is 3.09. The second-order valence-electron chi connectivity index (χ2n) is 9.14. The molecule has 1 aliphatic rings. The molecule has 1 atom stereocenters. The van der Waals surface area contributed by atoms with Crippen molar-refractivity contribution in [1.82, 2.24) is 10.2 Å². The van der Waals surface area contributed by atoms with Crippen molar-refractivity contribution in [1.29, 1.82) is 0 Å². The maximum absolute atomic E-state index is 13.2. The number of likely N-dealkylation sites (N-methyl/N-ethyl adjacent to an activating group) is 1. The van der Waals surface area contributed by atoms with E-state index in [2.05, 4.69) is 17.4 Å². The van der Waals surface area contributed by atoms with Crippen molar-refractivity contribution in [3.63, 3.8) is 0 Å². The number of rotatable bonds is 8. The number of fused-ring (bicyclic) bond motifs is 3. The predicted molar refractivity (Wildman–Crippen MR) is 126 cm³/mol. The number of carbonyl (C=O) groups is 3. The summed E-state index contributed by atoms with van der Waals surface area (Å²) in [5.41, 5.74) is 3.06. The van der Waals surface area contributed by atoms with Gasteiger partial charge in [0.05, 0.1) is 0 Å². The molecule has 0 bridgehead atoms. The molecule has 0 aliphatic heterocycles. The summed E-state index contributed by atoms with van der Waals surface area (Å²) in [6, 6.07) is 15.2. The summed E-state index contributed by atoms with van der Waals surface area (Å²) in [6.45, 7) is 8.60. The van der Waals surface area contributed by atoms with E-state index in [1.54, 1.807) is 20.8 Å². The van der Waals surface area contributed by atoms with Gasteiger partial charge in [-0.1, -0.05) is 62.4 Å². The van der Waals surface area contributed by atoms with Gasteiger partial charge in [-0.2, -0.15) is 0 Å². The summed E-state index contributed by atoms with van der Waals surface area (Å²) >= 11 is 0. The molecule has 176 valence electrons. The summed E-state index contributed by atoms with van der Waals surface area (Å²) < 4.78 is 5.58. The third-order valence-electron chi connectivity index (χ3n) is 6.33. The first-order valence-corrected chi connectivity index (χ1v) is 11.3. The fourth-order valence-electron chi connectivity index (χ4n) is 4.39. The maximum atomic E-state index is 13.2. The number of amides is 2. The first-order valence-electron chi connectivity index (χ1n) is 11.3. The molecule has 0 radical (unpaired) electrons. The smallest absolute Gasteiger partial charge is 0.407 e. The van der Waals surface area contributed by atoms with E-state index in [1.807, 2.05) is 36.4 Å². The molecule has 7 nitrogen and oxygen atoms in total. The molecule has 7 heteroatoms. The highest BCUT2D eigenvalue weighted by Gasteiger charge is 2.41. The first-order chi connectivity index (χ1) is 15.6. The van der Waals surface area contributed by atoms with E-state index in [0.717, 1.165) is 22.3 Å². The SMILES string of the molecule is CCN(C(=O)C(NC(=O)OCC1c2ccccc2-c2ccccc21)C(C)C)C(C)(C)C(=O)O.